The number of methoxy groups -OCH3 is 3. The molecule has 0 fully saturated rings. The highest BCUT2D eigenvalue weighted by molar-refractivity contribution is 5.56. The van der Waals surface area contributed by atoms with E-state index in [0.717, 1.165) is 24.8 Å². The van der Waals surface area contributed by atoms with Crippen molar-refractivity contribution in [3.8, 4) is 17.2 Å². The van der Waals surface area contributed by atoms with Crippen LogP contribution in [0.4, 0.5) is 0 Å². The maximum Gasteiger partial charge on any atom is 0.203 e. The van der Waals surface area contributed by atoms with E-state index < -0.39 is 0 Å². The minimum Gasteiger partial charge on any atom is -0.493 e. The van der Waals surface area contributed by atoms with Gasteiger partial charge in [-0.3, -0.25) is 11.3 Å². The third kappa shape index (κ3) is 3.65. The van der Waals surface area contributed by atoms with Crippen molar-refractivity contribution in [3.05, 3.63) is 30.4 Å². The number of nitrogens with two attached hydrogens (primary N) is 1. The molecule has 112 valence electrons. The van der Waals surface area contributed by atoms with E-state index in [1.54, 1.807) is 21.3 Å². The molecular weight excluding hydrogens is 256 g/mol. The fourth-order valence-electron chi connectivity index (χ4n) is 2.19. The molecule has 5 nitrogen and oxygen atoms in total. The maximum atomic E-state index is 5.67. The smallest absolute Gasteiger partial charge is 0.203 e. The number of hydrazine groups is 1. The summed E-state index contributed by atoms with van der Waals surface area (Å²) < 4.78 is 16.1. The molecule has 1 unspecified atom stereocenters. The Labute approximate surface area is 120 Å². The van der Waals surface area contributed by atoms with E-state index >= 15 is 0 Å². The topological polar surface area (TPSA) is 65.7 Å². The highest BCUT2D eigenvalue weighted by atomic mass is 16.5. The molecule has 1 atom stereocenters. The second-order valence-corrected chi connectivity index (χ2v) is 4.36. The summed E-state index contributed by atoms with van der Waals surface area (Å²) in [5.41, 5.74) is 3.79. The zero-order valence-corrected chi connectivity index (χ0v) is 12.4. The molecule has 3 N–H and O–H groups in total. The van der Waals surface area contributed by atoms with Crippen molar-refractivity contribution in [2.24, 2.45) is 5.84 Å². The van der Waals surface area contributed by atoms with Gasteiger partial charge >= 0.3 is 0 Å². The lowest BCUT2D eigenvalue weighted by atomic mass is 9.99. The van der Waals surface area contributed by atoms with Gasteiger partial charge in [-0.1, -0.05) is 6.08 Å². The van der Waals surface area contributed by atoms with Crippen molar-refractivity contribution < 1.29 is 14.2 Å². The predicted molar refractivity (Wildman–Crippen MR) is 80.2 cm³/mol. The molecule has 0 radical (unpaired) electrons. The van der Waals surface area contributed by atoms with Gasteiger partial charge in [0.25, 0.3) is 0 Å². The number of ether oxygens (including phenoxy) is 3. The number of hydrogen-bond donors (Lipinski definition) is 2. The van der Waals surface area contributed by atoms with Gasteiger partial charge in [0.05, 0.1) is 21.3 Å². The number of rotatable bonds is 9. The number of benzene rings is 1. The number of unbranched alkanes of at least 4 members (excludes halogenated alkanes) is 1. The SMILES string of the molecule is C=CCCCC(NN)c1ccc(OC)c(OC)c1OC. The van der Waals surface area contributed by atoms with Gasteiger partial charge in [0.2, 0.25) is 5.75 Å². The van der Waals surface area contributed by atoms with E-state index in [9.17, 15) is 0 Å². The second kappa shape index (κ2) is 8.45. The van der Waals surface area contributed by atoms with E-state index in [0.29, 0.717) is 17.2 Å². The average Bonchev–Trinajstić information content (AvgIpc) is 2.50. The molecule has 0 spiro atoms. The highest BCUT2D eigenvalue weighted by Gasteiger charge is 2.21. The van der Waals surface area contributed by atoms with Crippen molar-refractivity contribution in [2.45, 2.75) is 25.3 Å². The highest BCUT2D eigenvalue weighted by Crippen LogP contribution is 2.42. The lowest BCUT2D eigenvalue weighted by Gasteiger charge is -2.21. The van der Waals surface area contributed by atoms with Crippen molar-refractivity contribution in [1.82, 2.24) is 5.43 Å². The molecule has 0 amide bonds. The van der Waals surface area contributed by atoms with E-state index in [-0.39, 0.29) is 6.04 Å². The Balaban J connectivity index is 3.11. The molecule has 0 aliphatic heterocycles. The summed E-state index contributed by atoms with van der Waals surface area (Å²) >= 11 is 0. The third-order valence-electron chi connectivity index (χ3n) is 3.21. The fraction of sp³-hybridized carbons (Fsp3) is 0.467. The zero-order valence-electron chi connectivity index (χ0n) is 12.4. The second-order valence-electron chi connectivity index (χ2n) is 4.36. The van der Waals surface area contributed by atoms with Gasteiger partial charge in [0.15, 0.2) is 11.5 Å². The molecule has 0 bridgehead atoms. The van der Waals surface area contributed by atoms with Gasteiger partial charge in [-0.25, -0.2) is 0 Å². The molecular formula is C15H24N2O3. The van der Waals surface area contributed by atoms with Crippen LogP contribution < -0.4 is 25.5 Å². The Kier molecular flexibility index (Phi) is 6.90. The predicted octanol–water partition coefficient (Wildman–Crippen LogP) is 2.57. The third-order valence-corrected chi connectivity index (χ3v) is 3.21. The number of allylic oxidation sites excluding steroid dienone is 1. The van der Waals surface area contributed by atoms with Crippen LogP contribution >= 0.6 is 0 Å². The van der Waals surface area contributed by atoms with E-state index in [1.807, 2.05) is 18.2 Å². The molecule has 0 saturated carbocycles. The Bertz CT molecular complexity index is 435. The normalized spacial score (nSPS) is 11.8. The largest absolute Gasteiger partial charge is 0.493 e. The molecule has 0 heterocycles. The summed E-state index contributed by atoms with van der Waals surface area (Å²) in [4.78, 5) is 0. The molecule has 0 saturated heterocycles. The van der Waals surface area contributed by atoms with Crippen LogP contribution in [0, 0.1) is 0 Å². The minimum absolute atomic E-state index is 0.00953. The first kappa shape index (κ1) is 16.3. The minimum atomic E-state index is -0.00953. The quantitative estimate of drug-likeness (QED) is 0.315. The first-order valence-electron chi connectivity index (χ1n) is 6.59. The van der Waals surface area contributed by atoms with Gasteiger partial charge in [0, 0.05) is 11.6 Å². The summed E-state index contributed by atoms with van der Waals surface area (Å²) in [6.07, 6.45) is 4.73. The Morgan fingerprint density at radius 1 is 1.20 bits per heavy atom. The molecule has 5 heteroatoms. The van der Waals surface area contributed by atoms with E-state index in [2.05, 4.69) is 12.0 Å². The standard InChI is InChI=1S/C15H24N2O3/c1-5-6-7-8-12(17-16)11-9-10-13(18-2)15(20-4)14(11)19-3/h5,9-10,12,17H,1,6-8,16H2,2-4H3. The van der Waals surface area contributed by atoms with E-state index in [1.165, 1.54) is 0 Å². The molecule has 1 rings (SSSR count). The Morgan fingerprint density at radius 2 is 1.90 bits per heavy atom. The van der Waals surface area contributed by atoms with Crippen LogP contribution in [0.2, 0.25) is 0 Å². The maximum absolute atomic E-state index is 5.67. The summed E-state index contributed by atoms with van der Waals surface area (Å²) in [5.74, 6) is 7.53. The average molecular weight is 280 g/mol. The number of nitrogens with one attached hydrogen (secondary N) is 1. The lowest BCUT2D eigenvalue weighted by Crippen LogP contribution is -2.28. The summed E-state index contributed by atoms with van der Waals surface area (Å²) in [7, 11) is 4.80. The zero-order chi connectivity index (χ0) is 15.0. The van der Waals surface area contributed by atoms with Crippen LogP contribution in [0.5, 0.6) is 17.2 Å². The van der Waals surface area contributed by atoms with Crippen molar-refractivity contribution in [1.29, 1.82) is 0 Å². The monoisotopic (exact) mass is 280 g/mol. The summed E-state index contributed by atoms with van der Waals surface area (Å²) in [6, 6.07) is 3.79. The van der Waals surface area contributed by atoms with Crippen molar-refractivity contribution in [2.75, 3.05) is 21.3 Å². The fourth-order valence-corrected chi connectivity index (χ4v) is 2.19. The first-order valence-corrected chi connectivity index (χ1v) is 6.59. The summed E-state index contributed by atoms with van der Waals surface area (Å²) in [6.45, 7) is 3.73. The van der Waals surface area contributed by atoms with Gasteiger partial charge < -0.3 is 14.2 Å². The Morgan fingerprint density at radius 3 is 2.40 bits per heavy atom. The molecule has 0 aromatic heterocycles. The molecule has 0 aliphatic rings. The van der Waals surface area contributed by atoms with Gasteiger partial charge in [-0.05, 0) is 31.4 Å². The number of hydrogen-bond acceptors (Lipinski definition) is 5. The van der Waals surface area contributed by atoms with Crippen LogP contribution in [-0.4, -0.2) is 21.3 Å². The van der Waals surface area contributed by atoms with Gasteiger partial charge in [0.1, 0.15) is 0 Å². The van der Waals surface area contributed by atoms with Crippen molar-refractivity contribution in [3.63, 3.8) is 0 Å². The lowest BCUT2D eigenvalue weighted by molar-refractivity contribution is 0.318. The first-order chi connectivity index (χ1) is 9.73. The van der Waals surface area contributed by atoms with Crippen LogP contribution in [0.1, 0.15) is 30.9 Å². The van der Waals surface area contributed by atoms with Gasteiger partial charge in [-0.2, -0.15) is 0 Å². The Hall–Kier alpha value is -1.72. The molecule has 0 aliphatic carbocycles. The molecule has 1 aromatic carbocycles. The van der Waals surface area contributed by atoms with Crippen LogP contribution in [-0.2, 0) is 0 Å². The van der Waals surface area contributed by atoms with Gasteiger partial charge in [-0.15, -0.1) is 6.58 Å². The molecule has 20 heavy (non-hydrogen) atoms. The van der Waals surface area contributed by atoms with Crippen LogP contribution in [0.15, 0.2) is 24.8 Å². The van der Waals surface area contributed by atoms with Crippen LogP contribution in [0.3, 0.4) is 0 Å². The van der Waals surface area contributed by atoms with Crippen LogP contribution in [0.25, 0.3) is 0 Å². The molecule has 1 aromatic rings. The summed E-state index contributed by atoms with van der Waals surface area (Å²) in [5, 5.41) is 0. The van der Waals surface area contributed by atoms with Crippen molar-refractivity contribution >= 4 is 0 Å². The van der Waals surface area contributed by atoms with E-state index in [4.69, 9.17) is 20.1 Å².